The maximum absolute atomic E-state index is 13.0. The van der Waals surface area contributed by atoms with Crippen molar-refractivity contribution in [3.05, 3.63) is 45.4 Å². The van der Waals surface area contributed by atoms with Crippen LogP contribution < -0.4 is 0 Å². The Morgan fingerprint density at radius 2 is 2.28 bits per heavy atom. The van der Waals surface area contributed by atoms with E-state index in [1.165, 1.54) is 22.9 Å². The van der Waals surface area contributed by atoms with Gasteiger partial charge in [-0.15, -0.1) is 0 Å². The maximum Gasteiger partial charge on any atom is 0.309 e. The maximum atomic E-state index is 13.0. The van der Waals surface area contributed by atoms with Gasteiger partial charge in [-0.1, -0.05) is 11.6 Å². The first-order chi connectivity index (χ1) is 8.47. The van der Waals surface area contributed by atoms with Crippen molar-refractivity contribution in [2.75, 3.05) is 0 Å². The van der Waals surface area contributed by atoms with E-state index in [1.807, 2.05) is 0 Å². The lowest BCUT2D eigenvalue weighted by molar-refractivity contribution is -0.136. The van der Waals surface area contributed by atoms with Crippen molar-refractivity contribution < 1.29 is 14.3 Å². The summed E-state index contributed by atoms with van der Waals surface area (Å²) in [6.45, 7) is 0. The number of aliphatic carboxylic acids is 1. The van der Waals surface area contributed by atoms with Gasteiger partial charge < -0.3 is 5.11 Å². The number of benzene rings is 1. The van der Waals surface area contributed by atoms with Crippen LogP contribution in [0.25, 0.3) is 5.69 Å². The summed E-state index contributed by atoms with van der Waals surface area (Å²) >= 11 is 8.89. The molecular formula is C11H7BrClFN2O2. The van der Waals surface area contributed by atoms with E-state index in [1.54, 1.807) is 6.20 Å². The zero-order chi connectivity index (χ0) is 13.3. The largest absolute Gasteiger partial charge is 0.481 e. The zero-order valence-corrected chi connectivity index (χ0v) is 11.2. The molecule has 2 rings (SSSR count). The van der Waals surface area contributed by atoms with E-state index < -0.39 is 11.8 Å². The van der Waals surface area contributed by atoms with Crippen molar-refractivity contribution in [2.24, 2.45) is 0 Å². The molecule has 0 bridgehead atoms. The standard InChI is InChI=1S/C11H7BrClFN2O2/c12-7-5-16(15-10(7)4-11(17)18)6-1-2-9(14)8(13)3-6/h1-3,5H,4H2,(H,17,18). The molecule has 94 valence electrons. The summed E-state index contributed by atoms with van der Waals surface area (Å²) in [5.74, 6) is -1.49. The number of hydrogen-bond donors (Lipinski definition) is 1. The van der Waals surface area contributed by atoms with Crippen LogP contribution in [0.2, 0.25) is 5.02 Å². The minimum atomic E-state index is -0.974. The van der Waals surface area contributed by atoms with Crippen molar-refractivity contribution >= 4 is 33.5 Å². The normalized spacial score (nSPS) is 10.6. The first-order valence-electron chi connectivity index (χ1n) is 4.88. The number of halogens is 3. The van der Waals surface area contributed by atoms with Crippen LogP contribution in [0.1, 0.15) is 5.69 Å². The van der Waals surface area contributed by atoms with Crippen LogP contribution >= 0.6 is 27.5 Å². The predicted molar refractivity (Wildman–Crippen MR) is 67.6 cm³/mol. The molecule has 1 aromatic heterocycles. The SMILES string of the molecule is O=C(O)Cc1nn(-c2ccc(F)c(Cl)c2)cc1Br. The molecule has 0 saturated carbocycles. The predicted octanol–water partition coefficient (Wildman–Crippen LogP) is 3.05. The number of carboxylic acids is 1. The molecule has 0 atom stereocenters. The Morgan fingerprint density at radius 1 is 1.56 bits per heavy atom. The van der Waals surface area contributed by atoms with Crippen LogP contribution in [0.15, 0.2) is 28.9 Å². The third-order valence-electron chi connectivity index (χ3n) is 2.23. The highest BCUT2D eigenvalue weighted by molar-refractivity contribution is 9.10. The van der Waals surface area contributed by atoms with Crippen molar-refractivity contribution in [2.45, 2.75) is 6.42 Å². The summed E-state index contributed by atoms with van der Waals surface area (Å²) in [5.41, 5.74) is 0.946. The quantitative estimate of drug-likeness (QED) is 0.939. The van der Waals surface area contributed by atoms with E-state index in [9.17, 15) is 9.18 Å². The molecule has 18 heavy (non-hydrogen) atoms. The highest BCUT2D eigenvalue weighted by Crippen LogP contribution is 2.22. The van der Waals surface area contributed by atoms with Gasteiger partial charge >= 0.3 is 5.97 Å². The van der Waals surface area contributed by atoms with Crippen molar-refractivity contribution in [3.63, 3.8) is 0 Å². The second-order valence-electron chi connectivity index (χ2n) is 3.54. The second kappa shape index (κ2) is 5.07. The minimum Gasteiger partial charge on any atom is -0.481 e. The molecule has 1 N–H and O–H groups in total. The summed E-state index contributed by atoms with van der Waals surface area (Å²) < 4.78 is 15.0. The molecule has 0 fully saturated rings. The minimum absolute atomic E-state index is 0.0149. The van der Waals surface area contributed by atoms with Crippen LogP contribution in [0, 0.1) is 5.82 Å². The average molecular weight is 334 g/mol. The highest BCUT2D eigenvalue weighted by Gasteiger charge is 2.12. The molecule has 0 amide bonds. The molecule has 1 heterocycles. The van der Waals surface area contributed by atoms with Crippen LogP contribution in [-0.2, 0) is 11.2 Å². The lowest BCUT2D eigenvalue weighted by Crippen LogP contribution is -2.03. The number of aromatic nitrogens is 2. The van der Waals surface area contributed by atoms with Gasteiger partial charge in [0.25, 0.3) is 0 Å². The van der Waals surface area contributed by atoms with Crippen molar-refractivity contribution in [1.29, 1.82) is 0 Å². The Bertz CT molecular complexity index is 615. The molecule has 7 heteroatoms. The number of nitrogens with zero attached hydrogens (tertiary/aromatic N) is 2. The Morgan fingerprint density at radius 3 is 2.89 bits per heavy atom. The fraction of sp³-hybridized carbons (Fsp3) is 0.0909. The van der Waals surface area contributed by atoms with Gasteiger partial charge in [0, 0.05) is 6.20 Å². The summed E-state index contributed by atoms with van der Waals surface area (Å²) in [6, 6.07) is 4.15. The van der Waals surface area contributed by atoms with E-state index in [4.69, 9.17) is 16.7 Å². The van der Waals surface area contributed by atoms with Crippen LogP contribution in [0.5, 0.6) is 0 Å². The van der Waals surface area contributed by atoms with E-state index in [-0.39, 0.29) is 11.4 Å². The average Bonchev–Trinajstić information content (AvgIpc) is 2.63. The highest BCUT2D eigenvalue weighted by atomic mass is 79.9. The van der Waals surface area contributed by atoms with Gasteiger partial charge in [-0.2, -0.15) is 5.10 Å². The Kier molecular flexibility index (Phi) is 3.68. The van der Waals surface area contributed by atoms with Gasteiger partial charge in [0.05, 0.1) is 27.3 Å². The molecule has 2 aromatic rings. The molecule has 0 aliphatic rings. The second-order valence-corrected chi connectivity index (χ2v) is 4.80. The lowest BCUT2D eigenvalue weighted by Gasteiger charge is -2.02. The zero-order valence-electron chi connectivity index (χ0n) is 8.90. The van der Waals surface area contributed by atoms with Gasteiger partial charge in [-0.3, -0.25) is 4.79 Å². The van der Waals surface area contributed by atoms with Gasteiger partial charge in [0.2, 0.25) is 0 Å². The molecular weight excluding hydrogens is 326 g/mol. The molecule has 0 aliphatic heterocycles. The Hall–Kier alpha value is -1.40. The molecule has 0 radical (unpaired) electrons. The first-order valence-corrected chi connectivity index (χ1v) is 6.05. The molecule has 0 saturated heterocycles. The summed E-state index contributed by atoms with van der Waals surface area (Å²) in [7, 11) is 0. The van der Waals surface area contributed by atoms with E-state index >= 15 is 0 Å². The molecule has 0 aliphatic carbocycles. The fourth-order valence-corrected chi connectivity index (χ4v) is 2.00. The number of hydrogen-bond acceptors (Lipinski definition) is 2. The first kappa shape index (κ1) is 13.0. The fourth-order valence-electron chi connectivity index (χ4n) is 1.41. The van der Waals surface area contributed by atoms with E-state index in [2.05, 4.69) is 21.0 Å². The van der Waals surface area contributed by atoms with Gasteiger partial charge in [0.15, 0.2) is 0 Å². The molecule has 1 aromatic carbocycles. The number of rotatable bonds is 3. The Labute approximate surface area is 115 Å². The number of carbonyl (C=O) groups is 1. The number of carboxylic acid groups (broad SMARTS) is 1. The van der Waals surface area contributed by atoms with Crippen LogP contribution in [0.4, 0.5) is 4.39 Å². The van der Waals surface area contributed by atoms with Gasteiger partial charge in [-0.25, -0.2) is 9.07 Å². The monoisotopic (exact) mass is 332 g/mol. The third kappa shape index (κ3) is 2.70. The summed E-state index contributed by atoms with van der Waals surface area (Å²) in [6.07, 6.45) is 1.41. The molecule has 0 unspecified atom stereocenters. The lowest BCUT2D eigenvalue weighted by atomic mass is 10.3. The molecule has 0 spiro atoms. The van der Waals surface area contributed by atoms with Crippen molar-refractivity contribution in [1.82, 2.24) is 9.78 Å². The Balaban J connectivity index is 2.39. The van der Waals surface area contributed by atoms with Gasteiger partial charge in [-0.05, 0) is 34.1 Å². The summed E-state index contributed by atoms with van der Waals surface area (Å²) in [4.78, 5) is 10.6. The van der Waals surface area contributed by atoms with E-state index in [0.29, 0.717) is 15.9 Å². The van der Waals surface area contributed by atoms with Crippen LogP contribution in [0.3, 0.4) is 0 Å². The van der Waals surface area contributed by atoms with Crippen LogP contribution in [-0.4, -0.2) is 20.9 Å². The molecule has 4 nitrogen and oxygen atoms in total. The smallest absolute Gasteiger partial charge is 0.309 e. The van der Waals surface area contributed by atoms with Gasteiger partial charge in [0.1, 0.15) is 5.82 Å². The topological polar surface area (TPSA) is 55.1 Å². The van der Waals surface area contributed by atoms with E-state index in [0.717, 1.165) is 0 Å². The summed E-state index contributed by atoms with van der Waals surface area (Å²) in [5, 5.41) is 12.8. The van der Waals surface area contributed by atoms with Crippen molar-refractivity contribution in [3.8, 4) is 5.69 Å². The third-order valence-corrected chi connectivity index (χ3v) is 3.18.